The Balaban J connectivity index is 2.55. The molecule has 0 bridgehead atoms. The Labute approximate surface area is 86.7 Å². The largest absolute Gasteiger partial charge is 0.293 e. The lowest BCUT2D eigenvalue weighted by atomic mass is 10.1. The van der Waals surface area contributed by atoms with Gasteiger partial charge >= 0.3 is 0 Å². The third kappa shape index (κ3) is 1.15. The van der Waals surface area contributed by atoms with Crippen LogP contribution in [0.2, 0.25) is 0 Å². The van der Waals surface area contributed by atoms with Crippen LogP contribution < -0.4 is 0 Å². The number of carbonyl (C=O) groups excluding carboxylic acids is 1. The second kappa shape index (κ2) is 3.17. The molecule has 0 aliphatic carbocycles. The van der Waals surface area contributed by atoms with Gasteiger partial charge in [0.2, 0.25) is 0 Å². The highest BCUT2D eigenvalue weighted by Crippen LogP contribution is 2.36. The van der Waals surface area contributed by atoms with E-state index in [2.05, 4.69) is 0 Å². The van der Waals surface area contributed by atoms with Crippen molar-refractivity contribution in [2.45, 2.75) is 29.2 Å². The smallest absolute Gasteiger partial charge is 0.198 e. The molecule has 5 heteroatoms. The van der Waals surface area contributed by atoms with Gasteiger partial charge in [-0.3, -0.25) is 4.79 Å². The molecule has 1 aliphatic rings. The summed E-state index contributed by atoms with van der Waals surface area (Å²) in [5, 5.41) is 0.845. The van der Waals surface area contributed by atoms with Crippen LogP contribution in [0.5, 0.6) is 0 Å². The zero-order chi connectivity index (χ0) is 10.3. The molecule has 0 fully saturated rings. The fourth-order valence-corrected chi connectivity index (χ4v) is 5.05. The number of thiophene rings is 1. The van der Waals surface area contributed by atoms with Crippen LogP contribution >= 0.6 is 11.3 Å². The molecule has 0 saturated heterocycles. The molecule has 14 heavy (non-hydrogen) atoms. The van der Waals surface area contributed by atoms with E-state index in [0.717, 1.165) is 11.3 Å². The SMILES string of the molecule is CCCC1C(=O)c2ccsc2S1(=O)=O. The third-order valence-corrected chi connectivity index (χ3v) is 6.00. The summed E-state index contributed by atoms with van der Waals surface area (Å²) in [4.78, 5) is 11.7. The maximum absolute atomic E-state index is 11.8. The summed E-state index contributed by atoms with van der Waals surface area (Å²) in [5.41, 5.74) is 0.397. The zero-order valence-corrected chi connectivity index (χ0v) is 9.32. The van der Waals surface area contributed by atoms with Gasteiger partial charge in [0.25, 0.3) is 0 Å². The number of carbonyl (C=O) groups is 1. The number of sulfone groups is 1. The highest BCUT2D eigenvalue weighted by atomic mass is 32.2. The number of fused-ring (bicyclic) bond motifs is 1. The molecule has 0 radical (unpaired) electrons. The monoisotopic (exact) mass is 230 g/mol. The molecule has 0 spiro atoms. The van der Waals surface area contributed by atoms with Crippen LogP contribution in [0.15, 0.2) is 15.7 Å². The van der Waals surface area contributed by atoms with Crippen LogP contribution in [0.1, 0.15) is 30.1 Å². The Kier molecular flexibility index (Phi) is 2.23. The minimum atomic E-state index is -3.35. The van der Waals surface area contributed by atoms with Crippen molar-refractivity contribution in [3.63, 3.8) is 0 Å². The minimum Gasteiger partial charge on any atom is -0.293 e. The molecule has 0 saturated carbocycles. The summed E-state index contributed by atoms with van der Waals surface area (Å²) in [6.07, 6.45) is 1.15. The van der Waals surface area contributed by atoms with Crippen molar-refractivity contribution in [2.75, 3.05) is 0 Å². The van der Waals surface area contributed by atoms with Crippen molar-refractivity contribution in [3.8, 4) is 0 Å². The fourth-order valence-electron chi connectivity index (χ4n) is 1.69. The summed E-state index contributed by atoms with van der Waals surface area (Å²) in [5.74, 6) is -0.219. The summed E-state index contributed by atoms with van der Waals surface area (Å²) in [7, 11) is -3.35. The Morgan fingerprint density at radius 1 is 1.50 bits per heavy atom. The van der Waals surface area contributed by atoms with Crippen LogP contribution in [0.25, 0.3) is 0 Å². The molecule has 3 nitrogen and oxygen atoms in total. The Morgan fingerprint density at radius 3 is 2.79 bits per heavy atom. The minimum absolute atomic E-state index is 0.219. The molecule has 2 heterocycles. The second-order valence-corrected chi connectivity index (χ2v) is 6.55. The molecule has 0 N–H and O–H groups in total. The molecular formula is C9H10O3S2. The molecule has 1 aromatic rings. The van der Waals surface area contributed by atoms with Gasteiger partial charge in [-0.25, -0.2) is 8.42 Å². The van der Waals surface area contributed by atoms with Crippen LogP contribution in [0.3, 0.4) is 0 Å². The number of hydrogen-bond acceptors (Lipinski definition) is 4. The van der Waals surface area contributed by atoms with Gasteiger partial charge in [0.1, 0.15) is 9.46 Å². The lowest BCUT2D eigenvalue weighted by Crippen LogP contribution is -2.22. The summed E-state index contributed by atoms with van der Waals surface area (Å²) in [6, 6.07) is 1.61. The summed E-state index contributed by atoms with van der Waals surface area (Å²) in [6.45, 7) is 1.88. The molecule has 1 aromatic heterocycles. The van der Waals surface area contributed by atoms with Crippen molar-refractivity contribution in [1.82, 2.24) is 0 Å². The molecule has 1 atom stereocenters. The summed E-state index contributed by atoms with van der Waals surface area (Å²) >= 11 is 1.14. The maximum Gasteiger partial charge on any atom is 0.198 e. The Morgan fingerprint density at radius 2 is 2.21 bits per heavy atom. The number of hydrogen-bond donors (Lipinski definition) is 0. The number of Topliss-reactive ketones (excluding diaryl/α,β-unsaturated/α-hetero) is 1. The van der Waals surface area contributed by atoms with E-state index in [4.69, 9.17) is 0 Å². The van der Waals surface area contributed by atoms with Gasteiger partial charge in [-0.15, -0.1) is 11.3 Å². The first-order valence-corrected chi connectivity index (χ1v) is 6.87. The van der Waals surface area contributed by atoms with Gasteiger partial charge in [-0.05, 0) is 17.9 Å². The molecule has 1 aliphatic heterocycles. The van der Waals surface area contributed by atoms with E-state index in [9.17, 15) is 13.2 Å². The molecule has 1 unspecified atom stereocenters. The van der Waals surface area contributed by atoms with Gasteiger partial charge in [0, 0.05) is 5.56 Å². The van der Waals surface area contributed by atoms with E-state index in [1.165, 1.54) is 0 Å². The van der Waals surface area contributed by atoms with E-state index in [0.29, 0.717) is 18.4 Å². The van der Waals surface area contributed by atoms with Gasteiger partial charge in [-0.1, -0.05) is 13.3 Å². The maximum atomic E-state index is 11.8. The predicted molar refractivity (Wildman–Crippen MR) is 54.5 cm³/mol. The quantitative estimate of drug-likeness (QED) is 0.779. The number of rotatable bonds is 2. The van der Waals surface area contributed by atoms with E-state index in [1.807, 2.05) is 6.92 Å². The first-order valence-electron chi connectivity index (χ1n) is 4.44. The standard InChI is InChI=1S/C9H10O3S2/c1-2-3-7-8(10)6-4-5-13-9(6)14(7,11)12/h4-5,7H,2-3H2,1H3. The highest BCUT2D eigenvalue weighted by molar-refractivity contribution is 7.95. The van der Waals surface area contributed by atoms with Crippen LogP contribution in [-0.2, 0) is 9.84 Å². The first kappa shape index (κ1) is 9.86. The van der Waals surface area contributed by atoms with Gasteiger partial charge in [0.15, 0.2) is 15.6 Å². The molecule has 2 rings (SSSR count). The van der Waals surface area contributed by atoms with Crippen LogP contribution in [0, 0.1) is 0 Å². The molecule has 76 valence electrons. The topological polar surface area (TPSA) is 51.2 Å². The van der Waals surface area contributed by atoms with Gasteiger partial charge in [0.05, 0.1) is 0 Å². The molecule has 0 amide bonds. The fraction of sp³-hybridized carbons (Fsp3) is 0.444. The van der Waals surface area contributed by atoms with Crippen LogP contribution in [0.4, 0.5) is 0 Å². The Bertz CT molecular complexity index is 470. The van der Waals surface area contributed by atoms with Crippen molar-refractivity contribution in [3.05, 3.63) is 17.0 Å². The highest BCUT2D eigenvalue weighted by Gasteiger charge is 2.44. The average molecular weight is 230 g/mol. The van der Waals surface area contributed by atoms with E-state index >= 15 is 0 Å². The third-order valence-electron chi connectivity index (χ3n) is 2.37. The number of ketones is 1. The predicted octanol–water partition coefficient (Wildman–Crippen LogP) is 1.89. The van der Waals surface area contributed by atoms with Crippen molar-refractivity contribution >= 4 is 27.0 Å². The lowest BCUT2D eigenvalue weighted by Gasteiger charge is -2.05. The van der Waals surface area contributed by atoms with Crippen molar-refractivity contribution in [2.24, 2.45) is 0 Å². The Hall–Kier alpha value is -0.680. The van der Waals surface area contributed by atoms with Crippen molar-refractivity contribution in [1.29, 1.82) is 0 Å². The zero-order valence-electron chi connectivity index (χ0n) is 7.69. The van der Waals surface area contributed by atoms with Crippen LogP contribution in [-0.4, -0.2) is 19.5 Å². The molecule has 0 aromatic carbocycles. The van der Waals surface area contributed by atoms with Gasteiger partial charge in [-0.2, -0.15) is 0 Å². The first-order chi connectivity index (χ1) is 6.59. The van der Waals surface area contributed by atoms with Crippen molar-refractivity contribution < 1.29 is 13.2 Å². The van der Waals surface area contributed by atoms with E-state index in [-0.39, 0.29) is 9.99 Å². The van der Waals surface area contributed by atoms with E-state index in [1.54, 1.807) is 11.4 Å². The lowest BCUT2D eigenvalue weighted by molar-refractivity contribution is 0.0987. The second-order valence-electron chi connectivity index (χ2n) is 3.31. The normalized spacial score (nSPS) is 23.8. The molecular weight excluding hydrogens is 220 g/mol. The van der Waals surface area contributed by atoms with E-state index < -0.39 is 15.1 Å². The van der Waals surface area contributed by atoms with Gasteiger partial charge < -0.3 is 0 Å². The summed E-state index contributed by atoms with van der Waals surface area (Å²) < 4.78 is 23.9. The average Bonchev–Trinajstić information content (AvgIpc) is 2.66.